The van der Waals surface area contributed by atoms with Crippen molar-refractivity contribution in [2.45, 2.75) is 45.6 Å². The zero-order valence-electron chi connectivity index (χ0n) is 10.9. The fourth-order valence-corrected chi connectivity index (χ4v) is 2.54. The number of Topliss-reactive ketones (excluding diaryl/α,β-unsaturated/α-hetero) is 1. The normalized spacial score (nSPS) is 15.6. The van der Waals surface area contributed by atoms with Crippen LogP contribution < -0.4 is 0 Å². The molecule has 0 aliphatic heterocycles. The van der Waals surface area contributed by atoms with E-state index >= 15 is 0 Å². The largest absolute Gasteiger partial charge is 0.392 e. The summed E-state index contributed by atoms with van der Waals surface area (Å²) in [5, 5.41) is 9.18. The van der Waals surface area contributed by atoms with Crippen LogP contribution in [0.4, 0.5) is 0 Å². The Labute approximate surface area is 108 Å². The van der Waals surface area contributed by atoms with Gasteiger partial charge in [-0.1, -0.05) is 37.1 Å². The van der Waals surface area contributed by atoms with Crippen LogP contribution in [0.2, 0.25) is 0 Å². The molecule has 0 unspecified atom stereocenters. The SMILES string of the molecule is CCCCC1=C(c2cccc(CO)c2)C(=O)CC1. The van der Waals surface area contributed by atoms with E-state index in [1.807, 2.05) is 24.3 Å². The molecular weight excluding hydrogens is 224 g/mol. The van der Waals surface area contributed by atoms with Crippen molar-refractivity contribution in [2.24, 2.45) is 0 Å². The molecule has 0 bridgehead atoms. The molecule has 0 spiro atoms. The number of hydrogen-bond acceptors (Lipinski definition) is 2. The third-order valence-corrected chi connectivity index (χ3v) is 3.52. The monoisotopic (exact) mass is 244 g/mol. The van der Waals surface area contributed by atoms with Gasteiger partial charge >= 0.3 is 0 Å². The fraction of sp³-hybridized carbons (Fsp3) is 0.438. The van der Waals surface area contributed by atoms with Gasteiger partial charge in [0.2, 0.25) is 0 Å². The summed E-state index contributed by atoms with van der Waals surface area (Å²) in [6.45, 7) is 2.20. The summed E-state index contributed by atoms with van der Waals surface area (Å²) in [6.07, 6.45) is 4.89. The minimum atomic E-state index is 0.0274. The van der Waals surface area contributed by atoms with Crippen molar-refractivity contribution in [1.82, 2.24) is 0 Å². The Bertz CT molecular complexity index is 472. The molecule has 0 atom stereocenters. The van der Waals surface area contributed by atoms with Crippen molar-refractivity contribution in [2.75, 3.05) is 0 Å². The molecule has 18 heavy (non-hydrogen) atoms. The van der Waals surface area contributed by atoms with Gasteiger partial charge in [-0.3, -0.25) is 4.79 Å². The van der Waals surface area contributed by atoms with Gasteiger partial charge in [0.15, 0.2) is 5.78 Å². The molecule has 1 aliphatic rings. The Hall–Kier alpha value is -1.41. The molecule has 0 saturated heterocycles. The van der Waals surface area contributed by atoms with E-state index in [4.69, 9.17) is 0 Å². The third-order valence-electron chi connectivity index (χ3n) is 3.52. The molecule has 0 heterocycles. The molecule has 0 fully saturated rings. The van der Waals surface area contributed by atoms with Crippen LogP contribution in [-0.2, 0) is 11.4 Å². The van der Waals surface area contributed by atoms with Crippen molar-refractivity contribution < 1.29 is 9.90 Å². The summed E-state index contributed by atoms with van der Waals surface area (Å²) >= 11 is 0. The van der Waals surface area contributed by atoms with Gasteiger partial charge in [0.05, 0.1) is 6.61 Å². The van der Waals surface area contributed by atoms with Crippen LogP contribution in [0.1, 0.15) is 50.2 Å². The molecule has 0 amide bonds. The standard InChI is InChI=1S/C16H20O2/c1-2-3-6-13-8-9-15(18)16(13)14-7-4-5-12(10-14)11-17/h4-5,7,10,17H,2-3,6,8-9,11H2,1H3. The van der Waals surface area contributed by atoms with Gasteiger partial charge in [0.1, 0.15) is 0 Å². The van der Waals surface area contributed by atoms with E-state index in [0.717, 1.165) is 42.4 Å². The minimum Gasteiger partial charge on any atom is -0.392 e. The van der Waals surface area contributed by atoms with Gasteiger partial charge in [-0.2, -0.15) is 0 Å². The predicted molar refractivity (Wildman–Crippen MR) is 73.1 cm³/mol. The van der Waals surface area contributed by atoms with E-state index in [1.165, 1.54) is 5.57 Å². The number of aliphatic hydroxyl groups excluding tert-OH is 1. The summed E-state index contributed by atoms with van der Waals surface area (Å²) < 4.78 is 0. The maximum absolute atomic E-state index is 12.0. The first kappa shape index (κ1) is 13.0. The number of ketones is 1. The summed E-state index contributed by atoms with van der Waals surface area (Å²) in [6, 6.07) is 7.71. The Balaban J connectivity index is 2.34. The number of aliphatic hydroxyl groups is 1. The minimum absolute atomic E-state index is 0.0274. The first-order valence-electron chi connectivity index (χ1n) is 6.71. The fourth-order valence-electron chi connectivity index (χ4n) is 2.54. The number of allylic oxidation sites excluding steroid dienone is 2. The summed E-state index contributed by atoms with van der Waals surface area (Å²) in [5.74, 6) is 0.260. The average Bonchev–Trinajstić information content (AvgIpc) is 2.77. The Morgan fingerprint density at radius 1 is 1.28 bits per heavy atom. The Kier molecular flexibility index (Phi) is 4.32. The Morgan fingerprint density at radius 3 is 2.83 bits per heavy atom. The van der Waals surface area contributed by atoms with Gasteiger partial charge in [0.25, 0.3) is 0 Å². The summed E-state index contributed by atoms with van der Waals surface area (Å²) in [4.78, 5) is 12.0. The van der Waals surface area contributed by atoms with E-state index in [0.29, 0.717) is 6.42 Å². The van der Waals surface area contributed by atoms with Gasteiger partial charge in [-0.05, 0) is 36.5 Å². The first-order valence-corrected chi connectivity index (χ1v) is 6.71. The molecule has 1 aromatic rings. The molecule has 2 rings (SSSR count). The zero-order valence-corrected chi connectivity index (χ0v) is 10.9. The second-order valence-corrected chi connectivity index (χ2v) is 4.86. The summed E-state index contributed by atoms with van der Waals surface area (Å²) in [7, 11) is 0. The number of carbonyl (C=O) groups excluding carboxylic acids is 1. The predicted octanol–water partition coefficient (Wildman–Crippen LogP) is 3.49. The zero-order chi connectivity index (χ0) is 13.0. The molecular formula is C16H20O2. The number of hydrogen-bond donors (Lipinski definition) is 1. The number of carbonyl (C=O) groups is 1. The van der Waals surface area contributed by atoms with Crippen molar-refractivity contribution in [3.05, 3.63) is 41.0 Å². The molecule has 1 aromatic carbocycles. The lowest BCUT2D eigenvalue weighted by Gasteiger charge is -2.07. The van der Waals surface area contributed by atoms with E-state index in [-0.39, 0.29) is 12.4 Å². The average molecular weight is 244 g/mol. The van der Waals surface area contributed by atoms with Crippen LogP contribution in [0.25, 0.3) is 5.57 Å². The van der Waals surface area contributed by atoms with Crippen LogP contribution in [0.5, 0.6) is 0 Å². The molecule has 0 saturated carbocycles. The quantitative estimate of drug-likeness (QED) is 0.861. The highest BCUT2D eigenvalue weighted by Gasteiger charge is 2.23. The smallest absolute Gasteiger partial charge is 0.163 e. The van der Waals surface area contributed by atoms with E-state index in [9.17, 15) is 9.90 Å². The van der Waals surface area contributed by atoms with Gasteiger partial charge < -0.3 is 5.11 Å². The first-order chi connectivity index (χ1) is 8.76. The molecule has 1 aliphatic carbocycles. The highest BCUT2D eigenvalue weighted by Crippen LogP contribution is 2.34. The van der Waals surface area contributed by atoms with Crippen molar-refractivity contribution >= 4 is 11.4 Å². The lowest BCUT2D eigenvalue weighted by molar-refractivity contribution is -0.113. The van der Waals surface area contributed by atoms with Crippen LogP contribution in [0.15, 0.2) is 29.8 Å². The van der Waals surface area contributed by atoms with Crippen molar-refractivity contribution in [3.8, 4) is 0 Å². The van der Waals surface area contributed by atoms with Crippen LogP contribution in [0.3, 0.4) is 0 Å². The van der Waals surface area contributed by atoms with Crippen molar-refractivity contribution in [3.63, 3.8) is 0 Å². The highest BCUT2D eigenvalue weighted by atomic mass is 16.3. The second-order valence-electron chi connectivity index (χ2n) is 4.86. The lowest BCUT2D eigenvalue weighted by Crippen LogP contribution is -1.97. The Morgan fingerprint density at radius 2 is 2.11 bits per heavy atom. The lowest BCUT2D eigenvalue weighted by atomic mass is 9.97. The third kappa shape index (κ3) is 2.70. The maximum Gasteiger partial charge on any atom is 0.163 e. The molecule has 1 N–H and O–H groups in total. The summed E-state index contributed by atoms with van der Waals surface area (Å²) in [5.41, 5.74) is 4.07. The highest BCUT2D eigenvalue weighted by molar-refractivity contribution is 6.23. The number of benzene rings is 1. The van der Waals surface area contributed by atoms with Gasteiger partial charge in [-0.15, -0.1) is 0 Å². The van der Waals surface area contributed by atoms with Gasteiger partial charge in [-0.25, -0.2) is 0 Å². The van der Waals surface area contributed by atoms with Gasteiger partial charge in [0, 0.05) is 12.0 Å². The maximum atomic E-state index is 12.0. The molecule has 96 valence electrons. The molecule has 2 nitrogen and oxygen atoms in total. The number of rotatable bonds is 5. The second kappa shape index (κ2) is 5.96. The van der Waals surface area contributed by atoms with E-state index in [1.54, 1.807) is 0 Å². The molecule has 0 aromatic heterocycles. The van der Waals surface area contributed by atoms with E-state index < -0.39 is 0 Å². The number of unbranched alkanes of at least 4 members (excludes halogenated alkanes) is 1. The molecule has 0 radical (unpaired) electrons. The van der Waals surface area contributed by atoms with Crippen molar-refractivity contribution in [1.29, 1.82) is 0 Å². The van der Waals surface area contributed by atoms with Crippen LogP contribution >= 0.6 is 0 Å². The van der Waals surface area contributed by atoms with Crippen LogP contribution in [-0.4, -0.2) is 10.9 Å². The molecule has 2 heteroatoms. The van der Waals surface area contributed by atoms with E-state index in [2.05, 4.69) is 6.92 Å². The van der Waals surface area contributed by atoms with Crippen LogP contribution in [0, 0.1) is 0 Å². The topological polar surface area (TPSA) is 37.3 Å².